The Morgan fingerprint density at radius 3 is 2.85 bits per heavy atom. The van der Waals surface area contributed by atoms with Crippen molar-refractivity contribution in [2.75, 3.05) is 13.1 Å². The molecular weight excluding hydrogens is 334 g/mol. The zero-order valence-corrected chi connectivity index (χ0v) is 14.0. The average Bonchev–Trinajstić information content (AvgIpc) is 3.43. The normalized spacial score (nSPS) is 16.5. The molecule has 5 rings (SSSR count). The highest BCUT2D eigenvalue weighted by molar-refractivity contribution is 5.39. The Kier molecular flexibility index (Phi) is 3.67. The number of hydrogen-bond acceptors (Lipinski definition) is 8. The smallest absolute Gasteiger partial charge is 0.240 e. The van der Waals surface area contributed by atoms with Crippen molar-refractivity contribution in [3.8, 4) is 5.82 Å². The molecule has 0 atom stereocenters. The van der Waals surface area contributed by atoms with Crippen LogP contribution in [0.1, 0.15) is 30.5 Å². The molecule has 1 saturated heterocycles. The molecule has 10 nitrogen and oxygen atoms in total. The van der Waals surface area contributed by atoms with E-state index >= 15 is 0 Å². The number of piperidine rings is 1. The third-order valence-electron chi connectivity index (χ3n) is 4.73. The molecule has 4 aromatic rings. The minimum absolute atomic E-state index is 0.323. The number of aromatic nitrogens is 8. The summed E-state index contributed by atoms with van der Waals surface area (Å²) in [6.07, 6.45) is 7.02. The van der Waals surface area contributed by atoms with E-state index in [0.717, 1.165) is 43.2 Å². The second-order valence-electron chi connectivity index (χ2n) is 6.36. The lowest BCUT2D eigenvalue weighted by Crippen LogP contribution is -2.33. The molecule has 1 aliphatic heterocycles. The zero-order chi connectivity index (χ0) is 17.3. The molecule has 0 aliphatic carbocycles. The summed E-state index contributed by atoms with van der Waals surface area (Å²) in [6, 6.07) is 5.69. The molecular formula is C16H17N9O. The Morgan fingerprint density at radius 2 is 2.08 bits per heavy atom. The summed E-state index contributed by atoms with van der Waals surface area (Å²) in [5.74, 6) is 2.63. The first-order valence-electron chi connectivity index (χ1n) is 8.57. The van der Waals surface area contributed by atoms with E-state index in [0.29, 0.717) is 18.4 Å². The number of nitrogens with zero attached hydrogens (tertiary/aromatic N) is 9. The number of rotatable bonds is 4. The summed E-state index contributed by atoms with van der Waals surface area (Å²) in [5.41, 5.74) is 0.754. The number of fused-ring (bicyclic) bond motifs is 1. The highest BCUT2D eigenvalue weighted by Crippen LogP contribution is 2.27. The molecule has 132 valence electrons. The molecule has 0 unspecified atom stereocenters. The highest BCUT2D eigenvalue weighted by Gasteiger charge is 2.26. The van der Waals surface area contributed by atoms with Crippen molar-refractivity contribution >= 4 is 5.65 Å². The number of hydrogen-bond donors (Lipinski definition) is 0. The summed E-state index contributed by atoms with van der Waals surface area (Å²) in [7, 11) is 0. The van der Waals surface area contributed by atoms with E-state index in [1.807, 2.05) is 28.9 Å². The Hall–Kier alpha value is -3.14. The minimum atomic E-state index is 0.323. The molecule has 0 amide bonds. The van der Waals surface area contributed by atoms with E-state index in [2.05, 4.69) is 35.4 Å². The van der Waals surface area contributed by atoms with E-state index in [4.69, 9.17) is 4.52 Å². The maximum atomic E-state index is 5.09. The van der Waals surface area contributed by atoms with E-state index < -0.39 is 0 Å². The molecule has 0 radical (unpaired) electrons. The summed E-state index contributed by atoms with van der Waals surface area (Å²) in [6.45, 7) is 2.58. The SMILES string of the molecule is c1cnn(-c2ccc3nnc(C4CCN(Cc5ncno5)CC4)n3n2)c1. The van der Waals surface area contributed by atoms with Gasteiger partial charge in [0.05, 0.1) is 6.54 Å². The molecule has 1 aliphatic rings. The predicted octanol–water partition coefficient (Wildman–Crippen LogP) is 1.07. The molecule has 5 heterocycles. The van der Waals surface area contributed by atoms with E-state index in [1.165, 1.54) is 6.33 Å². The predicted molar refractivity (Wildman–Crippen MR) is 89.5 cm³/mol. The Bertz CT molecular complexity index is 984. The van der Waals surface area contributed by atoms with Crippen LogP contribution in [0.15, 0.2) is 41.4 Å². The average molecular weight is 351 g/mol. The van der Waals surface area contributed by atoms with Crippen LogP contribution in [0.3, 0.4) is 0 Å². The first-order chi connectivity index (χ1) is 12.9. The first-order valence-corrected chi connectivity index (χ1v) is 8.57. The largest absolute Gasteiger partial charge is 0.338 e. The molecule has 0 aromatic carbocycles. The van der Waals surface area contributed by atoms with Crippen LogP contribution in [0, 0.1) is 0 Å². The van der Waals surface area contributed by atoms with Crippen LogP contribution in [0.4, 0.5) is 0 Å². The molecule has 0 N–H and O–H groups in total. The molecule has 0 spiro atoms. The van der Waals surface area contributed by atoms with Crippen molar-refractivity contribution in [2.24, 2.45) is 0 Å². The Labute approximate surface area is 148 Å². The molecule has 0 bridgehead atoms. The third kappa shape index (κ3) is 2.73. The van der Waals surface area contributed by atoms with Crippen molar-refractivity contribution < 1.29 is 4.52 Å². The quantitative estimate of drug-likeness (QED) is 0.538. The van der Waals surface area contributed by atoms with Gasteiger partial charge in [0.1, 0.15) is 0 Å². The van der Waals surface area contributed by atoms with Crippen molar-refractivity contribution in [1.29, 1.82) is 0 Å². The second-order valence-corrected chi connectivity index (χ2v) is 6.36. The van der Waals surface area contributed by atoms with E-state index in [1.54, 1.807) is 10.9 Å². The van der Waals surface area contributed by atoms with Gasteiger partial charge in [-0.05, 0) is 44.1 Å². The standard InChI is InChI=1S/C16H17N9O/c1-6-18-24(7-1)14-3-2-13-20-21-16(25(13)22-14)12-4-8-23(9-5-12)10-15-17-11-19-26-15/h1-3,6-7,11-12H,4-5,8-10H2. The lowest BCUT2D eigenvalue weighted by molar-refractivity contribution is 0.178. The highest BCUT2D eigenvalue weighted by atomic mass is 16.5. The van der Waals surface area contributed by atoms with Crippen molar-refractivity contribution in [1.82, 2.24) is 44.6 Å². The lowest BCUT2D eigenvalue weighted by Gasteiger charge is -2.29. The van der Waals surface area contributed by atoms with Crippen LogP contribution in [-0.2, 0) is 6.54 Å². The number of likely N-dealkylation sites (tertiary alicyclic amines) is 1. The van der Waals surface area contributed by atoms with Crippen LogP contribution >= 0.6 is 0 Å². The monoisotopic (exact) mass is 351 g/mol. The van der Waals surface area contributed by atoms with Gasteiger partial charge >= 0.3 is 0 Å². The lowest BCUT2D eigenvalue weighted by atomic mass is 9.96. The van der Waals surface area contributed by atoms with Gasteiger partial charge in [0.25, 0.3) is 0 Å². The van der Waals surface area contributed by atoms with Gasteiger partial charge in [-0.1, -0.05) is 5.16 Å². The van der Waals surface area contributed by atoms with Crippen LogP contribution in [0.5, 0.6) is 0 Å². The molecule has 4 aromatic heterocycles. The van der Waals surface area contributed by atoms with Gasteiger partial charge in [-0.15, -0.1) is 15.3 Å². The van der Waals surface area contributed by atoms with Crippen molar-refractivity contribution in [3.63, 3.8) is 0 Å². The fraction of sp³-hybridized carbons (Fsp3) is 0.375. The van der Waals surface area contributed by atoms with Gasteiger partial charge in [0, 0.05) is 18.3 Å². The minimum Gasteiger partial charge on any atom is -0.338 e. The van der Waals surface area contributed by atoms with Crippen molar-refractivity contribution in [2.45, 2.75) is 25.3 Å². The van der Waals surface area contributed by atoms with Crippen LogP contribution in [0.25, 0.3) is 11.5 Å². The van der Waals surface area contributed by atoms with Gasteiger partial charge in [-0.3, -0.25) is 4.90 Å². The fourth-order valence-corrected chi connectivity index (χ4v) is 3.38. The summed E-state index contributed by atoms with van der Waals surface area (Å²) in [4.78, 5) is 6.41. The molecule has 10 heteroatoms. The Morgan fingerprint density at radius 1 is 1.15 bits per heavy atom. The molecule has 1 fully saturated rings. The maximum Gasteiger partial charge on any atom is 0.240 e. The zero-order valence-electron chi connectivity index (χ0n) is 14.0. The van der Waals surface area contributed by atoms with Crippen LogP contribution < -0.4 is 0 Å². The summed E-state index contributed by atoms with van der Waals surface area (Å²) < 4.78 is 8.67. The van der Waals surface area contributed by atoms with Gasteiger partial charge in [-0.2, -0.15) is 14.6 Å². The molecule has 26 heavy (non-hydrogen) atoms. The van der Waals surface area contributed by atoms with Gasteiger partial charge in [-0.25, -0.2) is 4.68 Å². The van der Waals surface area contributed by atoms with Crippen LogP contribution in [-0.4, -0.2) is 57.7 Å². The second kappa shape index (κ2) is 6.30. The van der Waals surface area contributed by atoms with E-state index in [9.17, 15) is 0 Å². The maximum absolute atomic E-state index is 5.09. The van der Waals surface area contributed by atoms with Crippen LogP contribution in [0.2, 0.25) is 0 Å². The summed E-state index contributed by atoms with van der Waals surface area (Å²) >= 11 is 0. The Balaban J connectivity index is 1.35. The van der Waals surface area contributed by atoms with E-state index in [-0.39, 0.29) is 0 Å². The fourth-order valence-electron chi connectivity index (χ4n) is 3.38. The third-order valence-corrected chi connectivity index (χ3v) is 4.73. The van der Waals surface area contributed by atoms with Gasteiger partial charge < -0.3 is 4.52 Å². The first kappa shape index (κ1) is 15.1. The van der Waals surface area contributed by atoms with Gasteiger partial charge in [0.2, 0.25) is 5.89 Å². The van der Waals surface area contributed by atoms with Crippen molar-refractivity contribution in [3.05, 3.63) is 48.6 Å². The molecule has 0 saturated carbocycles. The van der Waals surface area contributed by atoms with Gasteiger partial charge in [0.15, 0.2) is 23.6 Å². The topological polar surface area (TPSA) is 103 Å². The summed E-state index contributed by atoms with van der Waals surface area (Å²) in [5, 5.41) is 21.2.